The highest BCUT2D eigenvalue weighted by Gasteiger charge is 2.66. The molecule has 2 N–H and O–H groups in total. The molecule has 0 radical (unpaired) electrons. The van der Waals surface area contributed by atoms with Crippen LogP contribution in [-0.2, 0) is 9.59 Å². The monoisotopic (exact) mass is 346 g/mol. The fourth-order valence-electron chi connectivity index (χ4n) is 7.13. The third-order valence-corrected chi connectivity index (χ3v) is 8.64. The van der Waals surface area contributed by atoms with Gasteiger partial charge in [0, 0.05) is 11.8 Å². The van der Waals surface area contributed by atoms with Crippen LogP contribution in [0, 0.1) is 28.6 Å². The largest absolute Gasteiger partial charge is 0.389 e. The summed E-state index contributed by atoms with van der Waals surface area (Å²) >= 11 is 0. The summed E-state index contributed by atoms with van der Waals surface area (Å²) in [6.07, 6.45) is 6.54. The molecule has 138 valence electrons. The second-order valence-corrected chi connectivity index (χ2v) is 9.52. The highest BCUT2D eigenvalue weighted by molar-refractivity contribution is 5.98. The van der Waals surface area contributed by atoms with Crippen LogP contribution in [0.4, 0.5) is 0 Å². The van der Waals surface area contributed by atoms with Crippen LogP contribution < -0.4 is 0 Å². The fraction of sp³-hybridized carbons (Fsp3) is 0.810. The molecule has 1 unspecified atom stereocenters. The number of carbonyl (C=O) groups is 2. The van der Waals surface area contributed by atoms with Gasteiger partial charge in [-0.3, -0.25) is 9.59 Å². The normalized spacial score (nSPS) is 52.0. The van der Waals surface area contributed by atoms with Crippen LogP contribution in [-0.4, -0.2) is 33.5 Å². The number of rotatable bonds is 1. The summed E-state index contributed by atoms with van der Waals surface area (Å²) in [5.74, 6) is 0.943. The van der Waals surface area contributed by atoms with Crippen molar-refractivity contribution in [2.45, 2.75) is 77.4 Å². The van der Waals surface area contributed by atoms with E-state index in [9.17, 15) is 19.8 Å². The second kappa shape index (κ2) is 5.26. The van der Waals surface area contributed by atoms with E-state index in [1.165, 1.54) is 6.92 Å². The minimum Gasteiger partial charge on any atom is -0.389 e. The summed E-state index contributed by atoms with van der Waals surface area (Å²) in [6, 6.07) is 0. The van der Waals surface area contributed by atoms with E-state index in [1.807, 2.05) is 0 Å². The third kappa shape index (κ3) is 2.07. The SMILES string of the molecule is CC(=O)[C@@]1(O)CC[C@H]2[C@@H]3CC(=O)C4=CC(O)CC[C@]4(C)[C@H]3CC[C@@]21C. The lowest BCUT2D eigenvalue weighted by Gasteiger charge is -2.58. The van der Waals surface area contributed by atoms with E-state index in [0.29, 0.717) is 18.8 Å². The number of ketones is 2. The Morgan fingerprint density at radius 1 is 1.12 bits per heavy atom. The molecule has 0 saturated heterocycles. The maximum Gasteiger partial charge on any atom is 0.161 e. The van der Waals surface area contributed by atoms with Crippen molar-refractivity contribution in [3.63, 3.8) is 0 Å². The highest BCUT2D eigenvalue weighted by Crippen LogP contribution is 2.67. The van der Waals surface area contributed by atoms with Crippen LogP contribution >= 0.6 is 0 Å². The predicted octanol–water partition coefficient (Wildman–Crippen LogP) is 2.81. The number of aliphatic hydroxyl groups is 2. The number of carbonyl (C=O) groups excluding carboxylic acids is 2. The van der Waals surface area contributed by atoms with Gasteiger partial charge in [-0.25, -0.2) is 0 Å². The van der Waals surface area contributed by atoms with Gasteiger partial charge in [-0.2, -0.15) is 0 Å². The molecule has 4 rings (SSSR count). The number of Topliss-reactive ketones (excluding diaryl/α,β-unsaturated/α-hetero) is 2. The zero-order chi connectivity index (χ0) is 18.2. The summed E-state index contributed by atoms with van der Waals surface area (Å²) in [5, 5.41) is 21.1. The Labute approximate surface area is 149 Å². The van der Waals surface area contributed by atoms with Gasteiger partial charge in [-0.15, -0.1) is 0 Å². The van der Waals surface area contributed by atoms with E-state index in [1.54, 1.807) is 6.08 Å². The molecule has 7 atom stereocenters. The van der Waals surface area contributed by atoms with Crippen LogP contribution in [0.5, 0.6) is 0 Å². The molecule has 0 aromatic carbocycles. The Kier molecular flexibility index (Phi) is 3.66. The minimum atomic E-state index is -1.23. The Morgan fingerprint density at radius 3 is 2.48 bits per heavy atom. The first kappa shape index (κ1) is 17.4. The molecule has 0 aromatic rings. The van der Waals surface area contributed by atoms with Gasteiger partial charge < -0.3 is 10.2 Å². The number of hydrogen-bond acceptors (Lipinski definition) is 4. The summed E-state index contributed by atoms with van der Waals surface area (Å²) in [6.45, 7) is 5.79. The van der Waals surface area contributed by atoms with Crippen LogP contribution in [0.1, 0.15) is 65.7 Å². The lowest BCUT2D eigenvalue weighted by atomic mass is 9.46. The average molecular weight is 346 g/mol. The van der Waals surface area contributed by atoms with Gasteiger partial charge in [0.25, 0.3) is 0 Å². The number of hydrogen-bond donors (Lipinski definition) is 2. The Hall–Kier alpha value is -1.00. The second-order valence-electron chi connectivity index (χ2n) is 9.52. The van der Waals surface area contributed by atoms with Gasteiger partial charge in [-0.05, 0) is 80.3 Å². The standard InChI is InChI=1S/C21H30O4/c1-12(22)21(25)9-6-16-14-11-18(24)17-10-13(23)4-7-19(17,2)15(14)5-8-20(16,21)3/h10,13-16,23,25H,4-9,11H2,1-3H3/t13?,14-,15+,16+,19-,20+,21+/m1/s1. The maximum atomic E-state index is 12.9. The summed E-state index contributed by atoms with van der Waals surface area (Å²) < 4.78 is 0. The minimum absolute atomic E-state index is 0.120. The smallest absolute Gasteiger partial charge is 0.161 e. The fourth-order valence-corrected chi connectivity index (χ4v) is 7.13. The van der Waals surface area contributed by atoms with Crippen molar-refractivity contribution in [2.75, 3.05) is 0 Å². The molecular weight excluding hydrogens is 316 g/mol. The van der Waals surface area contributed by atoms with Crippen molar-refractivity contribution >= 4 is 11.6 Å². The van der Waals surface area contributed by atoms with Crippen molar-refractivity contribution in [3.05, 3.63) is 11.6 Å². The van der Waals surface area contributed by atoms with Crippen molar-refractivity contribution in [3.8, 4) is 0 Å². The molecule has 4 aliphatic carbocycles. The zero-order valence-electron chi connectivity index (χ0n) is 15.5. The van der Waals surface area contributed by atoms with Gasteiger partial charge in [0.05, 0.1) is 6.10 Å². The van der Waals surface area contributed by atoms with Crippen LogP contribution in [0.25, 0.3) is 0 Å². The Bertz CT molecular complexity index is 667. The number of aliphatic hydroxyl groups excluding tert-OH is 1. The van der Waals surface area contributed by atoms with Gasteiger partial charge in [-0.1, -0.05) is 13.8 Å². The molecule has 25 heavy (non-hydrogen) atoms. The Morgan fingerprint density at radius 2 is 1.80 bits per heavy atom. The molecular formula is C21H30O4. The molecule has 4 aliphatic rings. The van der Waals surface area contributed by atoms with E-state index in [4.69, 9.17) is 0 Å². The van der Waals surface area contributed by atoms with Gasteiger partial charge in [0.1, 0.15) is 5.60 Å². The molecule has 0 aliphatic heterocycles. The van der Waals surface area contributed by atoms with Gasteiger partial charge >= 0.3 is 0 Å². The molecule has 4 nitrogen and oxygen atoms in total. The molecule has 0 aromatic heterocycles. The number of fused-ring (bicyclic) bond motifs is 5. The molecule has 4 heteroatoms. The van der Waals surface area contributed by atoms with Gasteiger partial charge in [0.2, 0.25) is 0 Å². The average Bonchev–Trinajstić information content (AvgIpc) is 2.83. The molecule has 0 amide bonds. The van der Waals surface area contributed by atoms with Crippen molar-refractivity contribution in [1.29, 1.82) is 0 Å². The third-order valence-electron chi connectivity index (χ3n) is 8.64. The topological polar surface area (TPSA) is 74.6 Å². The van der Waals surface area contributed by atoms with E-state index < -0.39 is 17.1 Å². The summed E-state index contributed by atoms with van der Waals surface area (Å²) in [4.78, 5) is 25.1. The van der Waals surface area contributed by atoms with Gasteiger partial charge in [0.15, 0.2) is 11.6 Å². The van der Waals surface area contributed by atoms with E-state index in [0.717, 1.165) is 37.7 Å². The number of allylic oxidation sites excluding steroid dienone is 1. The Balaban J connectivity index is 1.74. The van der Waals surface area contributed by atoms with E-state index >= 15 is 0 Å². The van der Waals surface area contributed by atoms with Crippen molar-refractivity contribution < 1.29 is 19.8 Å². The first-order chi connectivity index (χ1) is 11.6. The quantitative estimate of drug-likeness (QED) is 0.766. The first-order valence-electron chi connectivity index (χ1n) is 9.80. The van der Waals surface area contributed by atoms with Crippen LogP contribution in [0.15, 0.2) is 11.6 Å². The zero-order valence-corrected chi connectivity index (χ0v) is 15.5. The van der Waals surface area contributed by atoms with Crippen molar-refractivity contribution in [2.24, 2.45) is 28.6 Å². The molecule has 0 spiro atoms. The lowest BCUT2D eigenvalue weighted by molar-refractivity contribution is -0.161. The predicted molar refractivity (Wildman–Crippen MR) is 93.7 cm³/mol. The molecule has 0 bridgehead atoms. The molecule has 3 saturated carbocycles. The summed E-state index contributed by atoms with van der Waals surface area (Å²) in [5.41, 5.74) is -0.953. The highest BCUT2D eigenvalue weighted by atomic mass is 16.3. The molecule has 3 fully saturated rings. The van der Waals surface area contributed by atoms with Crippen LogP contribution in [0.2, 0.25) is 0 Å². The van der Waals surface area contributed by atoms with E-state index in [-0.39, 0.29) is 28.8 Å². The van der Waals surface area contributed by atoms with Crippen LogP contribution in [0.3, 0.4) is 0 Å². The maximum absolute atomic E-state index is 12.9. The first-order valence-corrected chi connectivity index (χ1v) is 9.80. The van der Waals surface area contributed by atoms with Crippen molar-refractivity contribution in [1.82, 2.24) is 0 Å². The molecule has 0 heterocycles. The summed E-state index contributed by atoms with van der Waals surface area (Å²) in [7, 11) is 0. The lowest BCUT2D eigenvalue weighted by Crippen LogP contribution is -2.58. The van der Waals surface area contributed by atoms with E-state index in [2.05, 4.69) is 13.8 Å².